The van der Waals surface area contributed by atoms with Crippen molar-refractivity contribution in [1.82, 2.24) is 5.32 Å². The Labute approximate surface area is 75.6 Å². The van der Waals surface area contributed by atoms with Crippen LogP contribution in [0.3, 0.4) is 0 Å². The lowest BCUT2D eigenvalue weighted by Gasteiger charge is -2.15. The number of nitrogens with one attached hydrogen (secondary N) is 1. The molecule has 1 aliphatic carbocycles. The van der Waals surface area contributed by atoms with Crippen LogP contribution in [0.15, 0.2) is 29.9 Å². The molecule has 0 saturated carbocycles. The third-order valence-corrected chi connectivity index (χ3v) is 1.56. The standard InChI is InChI=1S/C8H8N2OS/c9-8(12)10-7-4-2-1-3-6(7)5-11/h1-4,7H,(H3,9,10,12). The molecule has 3 nitrogen and oxygen atoms in total. The Bertz CT molecular complexity index is 300. The predicted molar refractivity (Wildman–Crippen MR) is 51.2 cm³/mol. The quantitative estimate of drug-likeness (QED) is 0.443. The molecule has 0 bridgehead atoms. The number of allylic oxidation sites excluding steroid dienone is 2. The largest absolute Gasteiger partial charge is 0.376 e. The number of nitrogens with two attached hydrogens (primary N) is 1. The van der Waals surface area contributed by atoms with Crippen LogP contribution in [-0.2, 0) is 4.79 Å². The average molecular weight is 180 g/mol. The Balaban J connectivity index is 2.76. The van der Waals surface area contributed by atoms with E-state index < -0.39 is 0 Å². The fourth-order valence-corrected chi connectivity index (χ4v) is 1.05. The Morgan fingerprint density at radius 2 is 2.42 bits per heavy atom. The molecule has 4 heteroatoms. The van der Waals surface area contributed by atoms with Gasteiger partial charge in [-0.1, -0.05) is 18.2 Å². The van der Waals surface area contributed by atoms with E-state index in [-0.39, 0.29) is 11.2 Å². The van der Waals surface area contributed by atoms with Crippen LogP contribution in [0.25, 0.3) is 0 Å². The molecule has 12 heavy (non-hydrogen) atoms. The van der Waals surface area contributed by atoms with E-state index in [1.54, 1.807) is 18.2 Å². The van der Waals surface area contributed by atoms with Gasteiger partial charge in [0.15, 0.2) is 5.11 Å². The van der Waals surface area contributed by atoms with E-state index in [1.807, 2.05) is 12.0 Å². The first-order valence-electron chi connectivity index (χ1n) is 3.40. The molecule has 0 radical (unpaired) electrons. The van der Waals surface area contributed by atoms with E-state index in [1.165, 1.54) is 0 Å². The highest BCUT2D eigenvalue weighted by Gasteiger charge is 2.11. The van der Waals surface area contributed by atoms with Crippen molar-refractivity contribution < 1.29 is 4.79 Å². The van der Waals surface area contributed by atoms with Crippen molar-refractivity contribution in [2.45, 2.75) is 6.04 Å². The minimum Gasteiger partial charge on any atom is -0.376 e. The zero-order valence-electron chi connectivity index (χ0n) is 6.28. The number of thiocarbonyl (C=S) groups is 1. The third-order valence-electron chi connectivity index (χ3n) is 1.44. The summed E-state index contributed by atoms with van der Waals surface area (Å²) in [5, 5.41) is 2.93. The summed E-state index contributed by atoms with van der Waals surface area (Å²) < 4.78 is 0. The zero-order valence-corrected chi connectivity index (χ0v) is 7.10. The maximum atomic E-state index is 10.4. The first kappa shape index (κ1) is 8.71. The Morgan fingerprint density at radius 1 is 1.67 bits per heavy atom. The van der Waals surface area contributed by atoms with Crippen molar-refractivity contribution in [3.63, 3.8) is 0 Å². The summed E-state index contributed by atoms with van der Waals surface area (Å²) in [7, 11) is 0. The van der Waals surface area contributed by atoms with Crippen LogP contribution < -0.4 is 11.1 Å². The summed E-state index contributed by atoms with van der Waals surface area (Å²) >= 11 is 4.64. The highest BCUT2D eigenvalue weighted by Crippen LogP contribution is 2.07. The molecule has 62 valence electrons. The molecule has 0 aliphatic heterocycles. The molecule has 0 saturated heterocycles. The number of carbonyl (C=O) groups excluding carboxylic acids is 1. The summed E-state index contributed by atoms with van der Waals surface area (Å²) in [6.07, 6.45) is 7.04. The Hall–Kier alpha value is -1.38. The van der Waals surface area contributed by atoms with Gasteiger partial charge in [0, 0.05) is 0 Å². The minimum absolute atomic E-state index is 0.174. The molecule has 1 rings (SSSR count). The summed E-state index contributed by atoms with van der Waals surface area (Å²) in [6, 6.07) is -0.231. The van der Waals surface area contributed by atoms with Crippen molar-refractivity contribution in [3.05, 3.63) is 29.9 Å². The molecule has 1 aliphatic rings. The van der Waals surface area contributed by atoms with Crippen LogP contribution in [0.5, 0.6) is 0 Å². The van der Waals surface area contributed by atoms with Gasteiger partial charge in [0.2, 0.25) is 0 Å². The van der Waals surface area contributed by atoms with Crippen LogP contribution in [0.1, 0.15) is 0 Å². The summed E-state index contributed by atoms with van der Waals surface area (Å²) in [4.78, 5) is 10.4. The predicted octanol–water partition coefficient (Wildman–Crippen LogP) is 0.0722. The molecule has 1 unspecified atom stereocenters. The molecule has 0 aromatic carbocycles. The number of rotatable bonds is 1. The molecule has 0 heterocycles. The maximum Gasteiger partial charge on any atom is 0.164 e. The summed E-state index contributed by atoms with van der Waals surface area (Å²) in [6.45, 7) is 0. The second-order valence-electron chi connectivity index (χ2n) is 2.29. The lowest BCUT2D eigenvalue weighted by atomic mass is 10.0. The Morgan fingerprint density at radius 3 is 3.00 bits per heavy atom. The van der Waals surface area contributed by atoms with Gasteiger partial charge in [-0.2, -0.15) is 0 Å². The SMILES string of the molecule is NC(=S)NC1C=CC=CC1=C=O. The summed E-state index contributed by atoms with van der Waals surface area (Å²) in [5.74, 6) is 1.81. The topological polar surface area (TPSA) is 55.1 Å². The highest BCUT2D eigenvalue weighted by molar-refractivity contribution is 7.80. The normalized spacial score (nSPS) is 20.3. The second kappa shape index (κ2) is 3.85. The molecule has 0 aromatic rings. The van der Waals surface area contributed by atoms with Crippen LogP contribution in [-0.4, -0.2) is 17.1 Å². The van der Waals surface area contributed by atoms with Crippen molar-refractivity contribution in [3.8, 4) is 0 Å². The Kier molecular flexibility index (Phi) is 2.80. The second-order valence-corrected chi connectivity index (χ2v) is 2.73. The lowest BCUT2D eigenvalue weighted by molar-refractivity contribution is 0.566. The molecule has 0 aromatic heterocycles. The average Bonchev–Trinajstić information content (AvgIpc) is 2.04. The monoisotopic (exact) mass is 180 g/mol. The number of hydrogen-bond acceptors (Lipinski definition) is 2. The van der Waals surface area contributed by atoms with Crippen LogP contribution in [0, 0.1) is 0 Å². The highest BCUT2D eigenvalue weighted by atomic mass is 32.1. The molecule has 0 spiro atoms. The maximum absolute atomic E-state index is 10.4. The van der Waals surface area contributed by atoms with Gasteiger partial charge in [-0.05, 0) is 18.3 Å². The lowest BCUT2D eigenvalue weighted by Crippen LogP contribution is -2.38. The van der Waals surface area contributed by atoms with Crippen LogP contribution >= 0.6 is 12.2 Å². The zero-order chi connectivity index (χ0) is 8.97. The van der Waals surface area contributed by atoms with Gasteiger partial charge in [0.25, 0.3) is 0 Å². The molecular formula is C8H8N2OS. The van der Waals surface area contributed by atoms with E-state index in [2.05, 4.69) is 17.5 Å². The fraction of sp³-hybridized carbons (Fsp3) is 0.125. The van der Waals surface area contributed by atoms with Crippen molar-refractivity contribution in [1.29, 1.82) is 0 Å². The molecule has 3 N–H and O–H groups in total. The van der Waals surface area contributed by atoms with E-state index in [4.69, 9.17) is 5.73 Å². The number of hydrogen-bond donors (Lipinski definition) is 2. The molecular weight excluding hydrogens is 172 g/mol. The molecule has 0 fully saturated rings. The third kappa shape index (κ3) is 2.05. The van der Waals surface area contributed by atoms with E-state index in [0.29, 0.717) is 5.57 Å². The van der Waals surface area contributed by atoms with Gasteiger partial charge in [-0.15, -0.1) is 0 Å². The van der Waals surface area contributed by atoms with Crippen LogP contribution in [0.4, 0.5) is 0 Å². The van der Waals surface area contributed by atoms with Gasteiger partial charge < -0.3 is 11.1 Å². The minimum atomic E-state index is -0.231. The van der Waals surface area contributed by atoms with Gasteiger partial charge >= 0.3 is 0 Å². The van der Waals surface area contributed by atoms with Crippen molar-refractivity contribution >= 4 is 23.3 Å². The van der Waals surface area contributed by atoms with Crippen molar-refractivity contribution in [2.75, 3.05) is 0 Å². The first-order chi connectivity index (χ1) is 5.74. The van der Waals surface area contributed by atoms with E-state index in [9.17, 15) is 4.79 Å². The summed E-state index contributed by atoms with van der Waals surface area (Å²) in [5.41, 5.74) is 5.76. The van der Waals surface area contributed by atoms with E-state index >= 15 is 0 Å². The van der Waals surface area contributed by atoms with Crippen molar-refractivity contribution in [2.24, 2.45) is 5.73 Å². The molecule has 1 atom stereocenters. The van der Waals surface area contributed by atoms with Gasteiger partial charge in [0.05, 0.1) is 11.6 Å². The fourth-order valence-electron chi connectivity index (χ4n) is 0.918. The first-order valence-corrected chi connectivity index (χ1v) is 3.80. The van der Waals surface area contributed by atoms with Crippen LogP contribution in [0.2, 0.25) is 0 Å². The van der Waals surface area contributed by atoms with Gasteiger partial charge in [-0.3, -0.25) is 0 Å². The van der Waals surface area contributed by atoms with E-state index in [0.717, 1.165) is 0 Å². The smallest absolute Gasteiger partial charge is 0.164 e. The molecule has 0 amide bonds. The van der Waals surface area contributed by atoms with Gasteiger partial charge in [-0.25, -0.2) is 4.79 Å². The van der Waals surface area contributed by atoms with Gasteiger partial charge in [0.1, 0.15) is 5.94 Å².